The number of nitrogens with zero attached hydrogens (tertiary/aromatic N) is 1. The van der Waals surface area contributed by atoms with Crippen LogP contribution in [0.1, 0.15) is 30.0 Å². The van der Waals surface area contributed by atoms with Crippen LogP contribution in [0.15, 0.2) is 54.6 Å². The van der Waals surface area contributed by atoms with Crippen LogP contribution in [0.4, 0.5) is 0 Å². The molecule has 2 aromatic carbocycles. The fourth-order valence-corrected chi connectivity index (χ4v) is 3.59. The van der Waals surface area contributed by atoms with E-state index >= 15 is 0 Å². The Balaban J connectivity index is 1.92. The fraction of sp³-hybridized carbons (Fsp3) is 0.286. The van der Waals surface area contributed by atoms with Crippen molar-refractivity contribution in [1.82, 2.24) is 10.3 Å². The number of fused-ring (bicyclic) bond motifs is 1. The van der Waals surface area contributed by atoms with Crippen molar-refractivity contribution >= 4 is 10.8 Å². The number of pyridine rings is 1. The molecule has 2 heterocycles. The Morgan fingerprint density at radius 1 is 0.957 bits per heavy atom. The lowest BCUT2D eigenvalue weighted by Gasteiger charge is -2.23. The second-order valence-corrected chi connectivity index (χ2v) is 6.46. The van der Waals surface area contributed by atoms with Gasteiger partial charge in [-0.05, 0) is 49.9 Å². The van der Waals surface area contributed by atoms with Gasteiger partial charge >= 0.3 is 0 Å². The highest BCUT2D eigenvalue weighted by Gasteiger charge is 2.19. The van der Waals surface area contributed by atoms with E-state index in [1.165, 1.54) is 40.4 Å². The molecule has 0 radical (unpaired) electrons. The van der Waals surface area contributed by atoms with E-state index < -0.39 is 0 Å². The molecule has 23 heavy (non-hydrogen) atoms. The van der Waals surface area contributed by atoms with Crippen LogP contribution in [0.3, 0.4) is 0 Å². The summed E-state index contributed by atoms with van der Waals surface area (Å²) in [5.74, 6) is 0.573. The van der Waals surface area contributed by atoms with Gasteiger partial charge in [0.1, 0.15) is 0 Å². The molecule has 2 heteroatoms. The van der Waals surface area contributed by atoms with E-state index in [2.05, 4.69) is 66.8 Å². The minimum absolute atomic E-state index is 0.573. The van der Waals surface area contributed by atoms with Crippen LogP contribution in [-0.2, 0) is 0 Å². The molecule has 1 saturated heterocycles. The molecule has 0 unspecified atom stereocenters. The van der Waals surface area contributed by atoms with E-state index in [1.54, 1.807) is 0 Å². The highest BCUT2D eigenvalue weighted by molar-refractivity contribution is 5.95. The first-order valence-corrected chi connectivity index (χ1v) is 8.49. The third kappa shape index (κ3) is 2.75. The maximum atomic E-state index is 5.13. The molecule has 1 aliphatic rings. The predicted molar refractivity (Wildman–Crippen MR) is 96.8 cm³/mol. The summed E-state index contributed by atoms with van der Waals surface area (Å²) in [6, 6.07) is 19.5. The maximum Gasteiger partial charge on any atom is 0.0786 e. The molecule has 116 valence electrons. The maximum absolute atomic E-state index is 5.13. The SMILES string of the molecule is Cc1ccccc1-c1nc(C2CCNCC2)cc2ccccc12. The summed E-state index contributed by atoms with van der Waals surface area (Å²) in [6.45, 7) is 4.36. The van der Waals surface area contributed by atoms with Crippen molar-refractivity contribution in [2.75, 3.05) is 13.1 Å². The Labute approximate surface area is 137 Å². The highest BCUT2D eigenvalue weighted by Crippen LogP contribution is 2.33. The first-order chi connectivity index (χ1) is 11.3. The first kappa shape index (κ1) is 14.4. The molecular weight excluding hydrogens is 280 g/mol. The van der Waals surface area contributed by atoms with Gasteiger partial charge in [0.2, 0.25) is 0 Å². The topological polar surface area (TPSA) is 24.9 Å². The van der Waals surface area contributed by atoms with Crippen LogP contribution in [0.2, 0.25) is 0 Å². The molecule has 4 rings (SSSR count). The first-order valence-electron chi connectivity index (χ1n) is 8.49. The second kappa shape index (κ2) is 6.13. The van der Waals surface area contributed by atoms with Gasteiger partial charge in [0, 0.05) is 22.6 Å². The Morgan fingerprint density at radius 3 is 2.52 bits per heavy atom. The van der Waals surface area contributed by atoms with Gasteiger partial charge in [0.25, 0.3) is 0 Å². The van der Waals surface area contributed by atoms with E-state index in [-0.39, 0.29) is 0 Å². The quantitative estimate of drug-likeness (QED) is 0.743. The normalized spacial score (nSPS) is 15.9. The highest BCUT2D eigenvalue weighted by atomic mass is 14.9. The number of piperidine rings is 1. The van der Waals surface area contributed by atoms with Crippen LogP contribution in [0, 0.1) is 6.92 Å². The second-order valence-electron chi connectivity index (χ2n) is 6.46. The molecule has 0 saturated carbocycles. The monoisotopic (exact) mass is 302 g/mol. The van der Waals surface area contributed by atoms with Crippen LogP contribution < -0.4 is 5.32 Å². The average molecular weight is 302 g/mol. The number of nitrogens with one attached hydrogen (secondary N) is 1. The molecule has 2 nitrogen and oxygen atoms in total. The van der Waals surface area contributed by atoms with Crippen molar-refractivity contribution in [3.05, 3.63) is 65.9 Å². The van der Waals surface area contributed by atoms with Crippen LogP contribution >= 0.6 is 0 Å². The Morgan fingerprint density at radius 2 is 1.70 bits per heavy atom. The lowest BCUT2D eigenvalue weighted by Crippen LogP contribution is -2.27. The zero-order chi connectivity index (χ0) is 15.6. The van der Waals surface area contributed by atoms with Crippen LogP contribution in [0.5, 0.6) is 0 Å². The van der Waals surface area contributed by atoms with E-state index in [1.807, 2.05) is 0 Å². The van der Waals surface area contributed by atoms with Gasteiger partial charge in [0.05, 0.1) is 5.69 Å². The Kier molecular flexibility index (Phi) is 3.84. The lowest BCUT2D eigenvalue weighted by molar-refractivity contribution is 0.454. The minimum atomic E-state index is 0.573. The molecule has 3 aromatic rings. The lowest BCUT2D eigenvalue weighted by atomic mass is 9.91. The molecule has 1 aliphatic heterocycles. The number of aromatic nitrogens is 1. The summed E-state index contributed by atoms with van der Waals surface area (Å²) in [5.41, 5.74) is 4.92. The van der Waals surface area contributed by atoms with Crippen molar-refractivity contribution in [3.63, 3.8) is 0 Å². The third-order valence-corrected chi connectivity index (χ3v) is 4.92. The zero-order valence-electron chi connectivity index (χ0n) is 13.5. The summed E-state index contributed by atoms with van der Waals surface area (Å²) in [6.07, 6.45) is 2.36. The van der Waals surface area contributed by atoms with Crippen molar-refractivity contribution < 1.29 is 0 Å². The Hall–Kier alpha value is -2.19. The molecular formula is C21H22N2. The summed E-state index contributed by atoms with van der Waals surface area (Å²) < 4.78 is 0. The number of rotatable bonds is 2. The molecule has 0 atom stereocenters. The number of hydrogen-bond acceptors (Lipinski definition) is 2. The van der Waals surface area contributed by atoms with E-state index in [9.17, 15) is 0 Å². The van der Waals surface area contributed by atoms with Gasteiger partial charge in [-0.25, -0.2) is 0 Å². The number of hydrogen-bond donors (Lipinski definition) is 1. The predicted octanol–water partition coefficient (Wildman–Crippen LogP) is 4.68. The van der Waals surface area contributed by atoms with Crippen molar-refractivity contribution in [2.45, 2.75) is 25.7 Å². The summed E-state index contributed by atoms with van der Waals surface area (Å²) in [7, 11) is 0. The van der Waals surface area contributed by atoms with Crippen molar-refractivity contribution in [1.29, 1.82) is 0 Å². The van der Waals surface area contributed by atoms with E-state index in [0.29, 0.717) is 5.92 Å². The molecule has 1 N–H and O–H groups in total. The molecule has 0 amide bonds. The van der Waals surface area contributed by atoms with E-state index in [0.717, 1.165) is 18.8 Å². The summed E-state index contributed by atoms with van der Waals surface area (Å²) >= 11 is 0. The van der Waals surface area contributed by atoms with E-state index in [4.69, 9.17) is 4.98 Å². The van der Waals surface area contributed by atoms with Gasteiger partial charge in [-0.2, -0.15) is 0 Å². The van der Waals surface area contributed by atoms with Crippen LogP contribution in [0.25, 0.3) is 22.0 Å². The summed E-state index contributed by atoms with van der Waals surface area (Å²) in [5, 5.41) is 6.00. The van der Waals surface area contributed by atoms with Gasteiger partial charge < -0.3 is 5.32 Å². The minimum Gasteiger partial charge on any atom is -0.317 e. The van der Waals surface area contributed by atoms with Gasteiger partial charge in [-0.15, -0.1) is 0 Å². The number of aryl methyl sites for hydroxylation is 1. The molecule has 1 aromatic heterocycles. The molecule has 0 bridgehead atoms. The van der Waals surface area contributed by atoms with Crippen LogP contribution in [-0.4, -0.2) is 18.1 Å². The number of benzene rings is 2. The largest absolute Gasteiger partial charge is 0.317 e. The molecule has 1 fully saturated rings. The smallest absolute Gasteiger partial charge is 0.0786 e. The van der Waals surface area contributed by atoms with Gasteiger partial charge in [-0.1, -0.05) is 48.5 Å². The third-order valence-electron chi connectivity index (χ3n) is 4.92. The molecule has 0 aliphatic carbocycles. The standard InChI is InChI=1S/C21H22N2/c1-15-6-2-4-8-18(15)21-19-9-5-3-7-17(19)14-20(23-21)16-10-12-22-13-11-16/h2-9,14,16,22H,10-13H2,1H3. The average Bonchev–Trinajstić information content (AvgIpc) is 2.62. The zero-order valence-corrected chi connectivity index (χ0v) is 13.5. The molecule has 0 spiro atoms. The van der Waals surface area contributed by atoms with Crippen molar-refractivity contribution in [3.8, 4) is 11.3 Å². The van der Waals surface area contributed by atoms with Gasteiger partial charge in [-0.3, -0.25) is 4.98 Å². The van der Waals surface area contributed by atoms with Crippen molar-refractivity contribution in [2.24, 2.45) is 0 Å². The summed E-state index contributed by atoms with van der Waals surface area (Å²) in [4.78, 5) is 5.13. The van der Waals surface area contributed by atoms with Gasteiger partial charge in [0.15, 0.2) is 0 Å². The Bertz CT molecular complexity index is 832. The fourth-order valence-electron chi connectivity index (χ4n) is 3.59.